The minimum absolute atomic E-state index is 0.117. The predicted molar refractivity (Wildman–Crippen MR) is 140 cm³/mol. The number of carbonyl (C=O) groups is 3. The van der Waals surface area contributed by atoms with E-state index in [1.54, 1.807) is 37.4 Å². The van der Waals surface area contributed by atoms with Crippen LogP contribution in [0.25, 0.3) is 22.4 Å². The lowest BCUT2D eigenvalue weighted by Crippen LogP contribution is -2.11. The van der Waals surface area contributed by atoms with Crippen molar-refractivity contribution in [2.45, 2.75) is 45.1 Å². The lowest BCUT2D eigenvalue weighted by atomic mass is 10.1. The number of carbonyl (C=O) groups excluding carboxylic acids is 2. The van der Waals surface area contributed by atoms with Gasteiger partial charge in [0.25, 0.3) is 5.91 Å². The molecule has 190 valence electrons. The van der Waals surface area contributed by atoms with Gasteiger partial charge >= 0.3 is 11.9 Å². The largest absolute Gasteiger partial charge is 0.478 e. The molecule has 9 nitrogen and oxygen atoms in total. The third-order valence-corrected chi connectivity index (χ3v) is 7.34. The highest BCUT2D eigenvalue weighted by atomic mass is 32.1. The molecule has 1 aliphatic rings. The predicted octanol–water partition coefficient (Wildman–Crippen LogP) is 5.33. The Morgan fingerprint density at radius 2 is 1.84 bits per heavy atom. The topological polar surface area (TPSA) is 123 Å². The molecule has 2 aromatic heterocycles. The van der Waals surface area contributed by atoms with Crippen molar-refractivity contribution in [1.82, 2.24) is 14.5 Å². The second-order valence-electron chi connectivity index (χ2n) is 8.90. The summed E-state index contributed by atoms with van der Waals surface area (Å²) in [4.78, 5) is 45.6. The van der Waals surface area contributed by atoms with Crippen LogP contribution in [0.2, 0.25) is 0 Å². The molecular weight excluding hydrogens is 492 g/mol. The summed E-state index contributed by atoms with van der Waals surface area (Å²) in [7, 11) is 0. The number of aromatic carboxylic acids is 1. The number of benzene rings is 2. The monoisotopic (exact) mass is 518 g/mol. The number of esters is 1. The zero-order valence-corrected chi connectivity index (χ0v) is 21.1. The van der Waals surface area contributed by atoms with Crippen molar-refractivity contribution in [2.24, 2.45) is 0 Å². The molecule has 1 fully saturated rings. The Bertz CT molecular complexity index is 1470. The summed E-state index contributed by atoms with van der Waals surface area (Å²) < 4.78 is 7.16. The van der Waals surface area contributed by atoms with Gasteiger partial charge in [0.1, 0.15) is 5.82 Å². The second-order valence-corrected chi connectivity index (χ2v) is 10.0. The van der Waals surface area contributed by atoms with Crippen molar-refractivity contribution >= 4 is 45.3 Å². The highest BCUT2D eigenvalue weighted by molar-refractivity contribution is 7.15. The molecule has 0 unspecified atom stereocenters. The van der Waals surface area contributed by atoms with Gasteiger partial charge in [-0.25, -0.2) is 14.8 Å². The lowest BCUT2D eigenvalue weighted by molar-refractivity contribution is -0.142. The first-order valence-electron chi connectivity index (χ1n) is 12.2. The first-order valence-corrected chi connectivity index (χ1v) is 13.0. The van der Waals surface area contributed by atoms with Crippen LogP contribution < -0.4 is 5.32 Å². The summed E-state index contributed by atoms with van der Waals surface area (Å²) in [5.41, 5.74) is 3.07. The third kappa shape index (κ3) is 5.24. The van der Waals surface area contributed by atoms with E-state index in [0.29, 0.717) is 33.7 Å². The number of thiazole rings is 1. The summed E-state index contributed by atoms with van der Waals surface area (Å²) in [6.45, 7) is 2.07. The molecule has 0 radical (unpaired) electrons. The summed E-state index contributed by atoms with van der Waals surface area (Å²) >= 11 is 1.23. The summed E-state index contributed by atoms with van der Waals surface area (Å²) in [6, 6.07) is 12.5. The number of nitrogens with zero attached hydrogens (tertiary/aromatic N) is 3. The standard InChI is InChI=1S/C27H26N4O5S/c1-2-36-23(32)14-20-15-28-27(37-20)30-25(33)17-9-7-16(8-10-17)24-29-21-13-18(26(34)35)11-12-22(21)31(24)19-5-3-4-6-19/h7-13,15,19H,2-6,14H2,1H3,(H,34,35)(H,28,30,33). The second kappa shape index (κ2) is 10.5. The molecule has 2 aromatic carbocycles. The molecule has 1 amide bonds. The van der Waals surface area contributed by atoms with Crippen LogP contribution in [0.5, 0.6) is 0 Å². The number of imidazole rings is 1. The summed E-state index contributed by atoms with van der Waals surface area (Å²) in [6.07, 6.45) is 6.07. The molecule has 1 saturated carbocycles. The number of carboxylic acids is 1. The Hall–Kier alpha value is -4.05. The number of amides is 1. The molecule has 0 bridgehead atoms. The molecule has 5 rings (SSSR count). The quantitative estimate of drug-likeness (QED) is 0.302. The van der Waals surface area contributed by atoms with Gasteiger partial charge in [-0.15, -0.1) is 11.3 Å². The normalized spacial score (nSPS) is 13.6. The van der Waals surface area contributed by atoms with Gasteiger partial charge in [0.2, 0.25) is 0 Å². The molecule has 2 heterocycles. The molecule has 0 spiro atoms. The van der Waals surface area contributed by atoms with E-state index in [2.05, 4.69) is 14.9 Å². The fourth-order valence-electron chi connectivity index (χ4n) is 4.71. The van der Waals surface area contributed by atoms with Crippen LogP contribution in [-0.4, -0.2) is 44.1 Å². The van der Waals surface area contributed by atoms with Gasteiger partial charge in [-0.3, -0.25) is 14.9 Å². The lowest BCUT2D eigenvalue weighted by Gasteiger charge is -2.16. The van der Waals surface area contributed by atoms with Crippen molar-refractivity contribution < 1.29 is 24.2 Å². The molecule has 10 heteroatoms. The maximum absolute atomic E-state index is 12.8. The fraction of sp³-hybridized carbons (Fsp3) is 0.296. The van der Waals surface area contributed by atoms with Crippen LogP contribution in [0.3, 0.4) is 0 Å². The molecule has 2 N–H and O–H groups in total. The van der Waals surface area contributed by atoms with E-state index in [9.17, 15) is 19.5 Å². The van der Waals surface area contributed by atoms with E-state index in [0.717, 1.165) is 42.6 Å². The molecule has 0 aliphatic heterocycles. The SMILES string of the molecule is CCOC(=O)Cc1cnc(NC(=O)c2ccc(-c3nc4cc(C(=O)O)ccc4n3C3CCCC3)cc2)s1. The zero-order chi connectivity index (χ0) is 25.9. The van der Waals surface area contributed by atoms with E-state index in [1.165, 1.54) is 11.3 Å². The molecular formula is C27H26N4O5S. The molecule has 1 aliphatic carbocycles. The number of hydrogen-bond acceptors (Lipinski definition) is 7. The van der Waals surface area contributed by atoms with Gasteiger partial charge in [0, 0.05) is 28.2 Å². The Labute approximate surface area is 217 Å². The number of hydrogen-bond donors (Lipinski definition) is 2. The van der Waals surface area contributed by atoms with Gasteiger partial charge in [0.05, 0.1) is 29.6 Å². The molecule has 0 saturated heterocycles. The Balaban J connectivity index is 1.38. The number of aromatic nitrogens is 3. The average Bonchev–Trinajstić information content (AvgIpc) is 3.63. The van der Waals surface area contributed by atoms with Crippen LogP contribution >= 0.6 is 11.3 Å². The zero-order valence-electron chi connectivity index (χ0n) is 20.3. The molecule has 37 heavy (non-hydrogen) atoms. The van der Waals surface area contributed by atoms with Crippen LogP contribution in [0, 0.1) is 0 Å². The Morgan fingerprint density at radius 3 is 2.54 bits per heavy atom. The number of carboxylic acid groups (broad SMARTS) is 1. The molecule has 0 atom stereocenters. The van der Waals surface area contributed by atoms with Crippen molar-refractivity contribution in [3.8, 4) is 11.4 Å². The number of anilines is 1. The van der Waals surface area contributed by atoms with Crippen LogP contribution in [0.15, 0.2) is 48.7 Å². The van der Waals surface area contributed by atoms with Crippen molar-refractivity contribution in [3.05, 3.63) is 64.7 Å². The first kappa shape index (κ1) is 24.6. The number of fused-ring (bicyclic) bond motifs is 1. The average molecular weight is 519 g/mol. The minimum atomic E-state index is -0.984. The fourth-order valence-corrected chi connectivity index (χ4v) is 5.50. The van der Waals surface area contributed by atoms with Gasteiger partial charge in [-0.1, -0.05) is 25.0 Å². The minimum Gasteiger partial charge on any atom is -0.478 e. The maximum atomic E-state index is 12.8. The highest BCUT2D eigenvalue weighted by Gasteiger charge is 2.24. The Morgan fingerprint density at radius 1 is 1.11 bits per heavy atom. The van der Waals surface area contributed by atoms with E-state index >= 15 is 0 Å². The number of ether oxygens (including phenoxy) is 1. The maximum Gasteiger partial charge on any atom is 0.335 e. The van der Waals surface area contributed by atoms with Gasteiger partial charge in [-0.2, -0.15) is 0 Å². The van der Waals surface area contributed by atoms with E-state index in [-0.39, 0.29) is 23.9 Å². The smallest absolute Gasteiger partial charge is 0.335 e. The van der Waals surface area contributed by atoms with E-state index in [4.69, 9.17) is 9.72 Å². The summed E-state index contributed by atoms with van der Waals surface area (Å²) in [5.74, 6) is -0.858. The Kier molecular flexibility index (Phi) is 7.00. The summed E-state index contributed by atoms with van der Waals surface area (Å²) in [5, 5.41) is 12.6. The van der Waals surface area contributed by atoms with Crippen molar-refractivity contribution in [3.63, 3.8) is 0 Å². The van der Waals surface area contributed by atoms with Crippen LogP contribution in [0.4, 0.5) is 5.13 Å². The van der Waals surface area contributed by atoms with Crippen LogP contribution in [0.1, 0.15) is 64.2 Å². The van der Waals surface area contributed by atoms with E-state index < -0.39 is 5.97 Å². The van der Waals surface area contributed by atoms with Crippen molar-refractivity contribution in [2.75, 3.05) is 11.9 Å². The first-order chi connectivity index (χ1) is 17.9. The number of rotatable bonds is 8. The number of nitrogens with one attached hydrogen (secondary N) is 1. The van der Waals surface area contributed by atoms with Gasteiger partial charge in [0.15, 0.2) is 5.13 Å². The van der Waals surface area contributed by atoms with Gasteiger partial charge in [-0.05, 0) is 50.1 Å². The highest BCUT2D eigenvalue weighted by Crippen LogP contribution is 2.37. The molecule has 4 aromatic rings. The van der Waals surface area contributed by atoms with Crippen LogP contribution in [-0.2, 0) is 16.0 Å². The van der Waals surface area contributed by atoms with Gasteiger partial charge < -0.3 is 14.4 Å². The van der Waals surface area contributed by atoms with Crippen molar-refractivity contribution in [1.29, 1.82) is 0 Å². The van der Waals surface area contributed by atoms with E-state index in [1.807, 2.05) is 18.2 Å². The third-order valence-electron chi connectivity index (χ3n) is 6.43.